The first-order valence-electron chi connectivity index (χ1n) is 8.40. The molecule has 1 aromatic heterocycles. The van der Waals surface area contributed by atoms with Gasteiger partial charge in [0.25, 0.3) is 0 Å². The van der Waals surface area contributed by atoms with Crippen LogP contribution in [0.15, 0.2) is 82.7 Å². The van der Waals surface area contributed by atoms with Crippen molar-refractivity contribution in [3.63, 3.8) is 0 Å². The molecule has 0 amide bonds. The van der Waals surface area contributed by atoms with Gasteiger partial charge in [0.1, 0.15) is 11.6 Å². The highest BCUT2D eigenvalue weighted by Gasteiger charge is 2.11. The Morgan fingerprint density at radius 2 is 1.70 bits per heavy atom. The standard InChI is InChI=1S/C21H17FN2O2S/c1-26-18-6-2-15(3-7-18)14-24-21-11-10-20(12-16(21)13-23-24)27(25)19-8-4-17(22)5-9-19/h2-13H,14H2,1H3. The van der Waals surface area contributed by atoms with Gasteiger partial charge in [0, 0.05) is 15.2 Å². The monoisotopic (exact) mass is 380 g/mol. The zero-order chi connectivity index (χ0) is 18.8. The Bertz CT molecular complexity index is 1110. The predicted octanol–water partition coefficient (Wildman–Crippen LogP) is 4.40. The largest absolute Gasteiger partial charge is 0.497 e. The van der Waals surface area contributed by atoms with Crippen molar-refractivity contribution in [3.05, 3.63) is 84.3 Å². The first-order valence-corrected chi connectivity index (χ1v) is 9.55. The number of benzene rings is 3. The number of aromatic nitrogens is 2. The molecule has 1 atom stereocenters. The SMILES string of the molecule is COc1ccc(Cn2ncc3cc(S(=O)c4ccc(F)cc4)ccc32)cc1. The summed E-state index contributed by atoms with van der Waals surface area (Å²) in [5, 5.41) is 5.37. The molecule has 0 N–H and O–H groups in total. The third-order valence-electron chi connectivity index (χ3n) is 4.35. The number of methoxy groups -OCH3 is 1. The van der Waals surface area contributed by atoms with E-state index in [-0.39, 0.29) is 5.82 Å². The van der Waals surface area contributed by atoms with Gasteiger partial charge in [0.05, 0.1) is 36.2 Å². The van der Waals surface area contributed by atoms with Gasteiger partial charge in [-0.15, -0.1) is 0 Å². The average Bonchev–Trinajstić information content (AvgIpc) is 3.10. The fraction of sp³-hybridized carbons (Fsp3) is 0.0952. The summed E-state index contributed by atoms with van der Waals surface area (Å²) >= 11 is 0. The molecule has 0 fully saturated rings. The van der Waals surface area contributed by atoms with E-state index in [2.05, 4.69) is 5.10 Å². The Balaban J connectivity index is 1.60. The van der Waals surface area contributed by atoms with Crippen molar-refractivity contribution >= 4 is 21.7 Å². The molecule has 136 valence electrons. The van der Waals surface area contributed by atoms with Crippen molar-refractivity contribution in [1.82, 2.24) is 9.78 Å². The quantitative estimate of drug-likeness (QED) is 0.515. The summed E-state index contributed by atoms with van der Waals surface area (Å²) in [4.78, 5) is 1.24. The van der Waals surface area contributed by atoms with E-state index in [1.807, 2.05) is 47.1 Å². The van der Waals surface area contributed by atoms with Crippen LogP contribution < -0.4 is 4.74 Å². The highest BCUT2D eigenvalue weighted by atomic mass is 32.2. The van der Waals surface area contributed by atoms with Crippen molar-refractivity contribution in [1.29, 1.82) is 0 Å². The number of hydrogen-bond acceptors (Lipinski definition) is 3. The summed E-state index contributed by atoms with van der Waals surface area (Å²) in [5.41, 5.74) is 2.07. The second-order valence-corrected chi connectivity index (χ2v) is 7.57. The van der Waals surface area contributed by atoms with Crippen LogP contribution in [-0.2, 0) is 17.3 Å². The number of fused-ring (bicyclic) bond motifs is 1. The van der Waals surface area contributed by atoms with Gasteiger partial charge in [-0.2, -0.15) is 5.10 Å². The summed E-state index contributed by atoms with van der Waals surface area (Å²) in [6.45, 7) is 0.633. The summed E-state index contributed by atoms with van der Waals surface area (Å²) in [5.74, 6) is 0.475. The van der Waals surface area contributed by atoms with Gasteiger partial charge in [0.2, 0.25) is 0 Å². The number of halogens is 1. The number of nitrogens with zero attached hydrogens (tertiary/aromatic N) is 2. The third-order valence-corrected chi connectivity index (χ3v) is 5.73. The summed E-state index contributed by atoms with van der Waals surface area (Å²) in [6.07, 6.45) is 1.77. The first kappa shape index (κ1) is 17.4. The van der Waals surface area contributed by atoms with E-state index >= 15 is 0 Å². The minimum absolute atomic E-state index is 0.342. The van der Waals surface area contributed by atoms with E-state index in [0.29, 0.717) is 16.3 Å². The minimum atomic E-state index is -1.36. The summed E-state index contributed by atoms with van der Waals surface area (Å²) in [6, 6.07) is 19.2. The molecule has 0 radical (unpaired) electrons. The molecule has 0 aliphatic carbocycles. The van der Waals surface area contributed by atoms with Crippen LogP contribution in [0.25, 0.3) is 10.9 Å². The molecule has 4 rings (SSSR count). The van der Waals surface area contributed by atoms with Gasteiger partial charge in [-0.3, -0.25) is 4.68 Å². The number of hydrogen-bond donors (Lipinski definition) is 0. The van der Waals surface area contributed by atoms with Crippen molar-refractivity contribution in [3.8, 4) is 5.75 Å². The summed E-state index contributed by atoms with van der Waals surface area (Å²) < 4.78 is 32.9. The van der Waals surface area contributed by atoms with Crippen LogP contribution in [0.3, 0.4) is 0 Å². The molecule has 0 saturated carbocycles. The zero-order valence-corrected chi connectivity index (χ0v) is 15.4. The van der Waals surface area contributed by atoms with Crippen LogP contribution in [0.1, 0.15) is 5.56 Å². The van der Waals surface area contributed by atoms with E-state index in [1.54, 1.807) is 25.4 Å². The van der Waals surface area contributed by atoms with Crippen molar-refractivity contribution in [2.45, 2.75) is 16.3 Å². The molecular formula is C21H17FN2O2S. The maximum atomic E-state index is 13.1. The molecule has 3 aromatic carbocycles. The minimum Gasteiger partial charge on any atom is -0.497 e. The number of ether oxygens (including phenoxy) is 1. The molecule has 0 spiro atoms. The maximum absolute atomic E-state index is 13.1. The van der Waals surface area contributed by atoms with Crippen LogP contribution in [0.4, 0.5) is 4.39 Å². The second kappa shape index (κ2) is 7.32. The smallest absolute Gasteiger partial charge is 0.123 e. The fourth-order valence-electron chi connectivity index (χ4n) is 2.90. The Labute approximate surface area is 158 Å². The third kappa shape index (κ3) is 3.61. The number of rotatable bonds is 5. The van der Waals surface area contributed by atoms with E-state index < -0.39 is 10.8 Å². The second-order valence-electron chi connectivity index (χ2n) is 6.09. The molecule has 0 saturated heterocycles. The molecular weight excluding hydrogens is 363 g/mol. The lowest BCUT2D eigenvalue weighted by Gasteiger charge is -2.06. The maximum Gasteiger partial charge on any atom is 0.123 e. The average molecular weight is 380 g/mol. The van der Waals surface area contributed by atoms with Gasteiger partial charge in [-0.1, -0.05) is 12.1 Å². The molecule has 4 nitrogen and oxygen atoms in total. The predicted molar refractivity (Wildman–Crippen MR) is 103 cm³/mol. The van der Waals surface area contributed by atoms with Gasteiger partial charge in [0.15, 0.2) is 0 Å². The van der Waals surface area contributed by atoms with Gasteiger partial charge < -0.3 is 4.74 Å². The molecule has 0 aliphatic heterocycles. The zero-order valence-electron chi connectivity index (χ0n) is 14.6. The molecule has 6 heteroatoms. The van der Waals surface area contributed by atoms with Crippen LogP contribution in [0.5, 0.6) is 5.75 Å². The highest BCUT2D eigenvalue weighted by Crippen LogP contribution is 2.23. The fourth-order valence-corrected chi connectivity index (χ4v) is 3.99. The highest BCUT2D eigenvalue weighted by molar-refractivity contribution is 7.85. The Morgan fingerprint density at radius 3 is 2.41 bits per heavy atom. The molecule has 27 heavy (non-hydrogen) atoms. The Kier molecular flexibility index (Phi) is 4.73. The topological polar surface area (TPSA) is 44.1 Å². The van der Waals surface area contributed by atoms with Gasteiger partial charge in [-0.05, 0) is 60.2 Å². The van der Waals surface area contributed by atoms with Crippen LogP contribution in [-0.4, -0.2) is 21.1 Å². The summed E-state index contributed by atoms with van der Waals surface area (Å²) in [7, 11) is 0.281. The van der Waals surface area contributed by atoms with E-state index in [9.17, 15) is 8.60 Å². The van der Waals surface area contributed by atoms with Crippen LogP contribution >= 0.6 is 0 Å². The lowest BCUT2D eigenvalue weighted by molar-refractivity contribution is 0.414. The lowest BCUT2D eigenvalue weighted by atomic mass is 10.2. The Morgan fingerprint density at radius 1 is 1.00 bits per heavy atom. The molecule has 1 unspecified atom stereocenters. The molecule has 0 bridgehead atoms. The molecule has 0 aliphatic rings. The van der Waals surface area contributed by atoms with Crippen LogP contribution in [0.2, 0.25) is 0 Å². The van der Waals surface area contributed by atoms with Crippen molar-refractivity contribution in [2.75, 3.05) is 7.11 Å². The van der Waals surface area contributed by atoms with Crippen molar-refractivity contribution in [2.24, 2.45) is 0 Å². The van der Waals surface area contributed by atoms with Gasteiger partial charge in [-0.25, -0.2) is 8.60 Å². The lowest BCUT2D eigenvalue weighted by Crippen LogP contribution is -2.01. The Hall–Kier alpha value is -2.99. The normalized spacial score (nSPS) is 12.2. The van der Waals surface area contributed by atoms with E-state index in [4.69, 9.17) is 4.74 Å². The molecule has 4 aromatic rings. The van der Waals surface area contributed by atoms with Crippen molar-refractivity contribution < 1.29 is 13.3 Å². The first-order chi connectivity index (χ1) is 13.1. The van der Waals surface area contributed by atoms with E-state index in [1.165, 1.54) is 12.1 Å². The van der Waals surface area contributed by atoms with E-state index in [0.717, 1.165) is 22.2 Å². The molecule has 1 heterocycles. The van der Waals surface area contributed by atoms with Gasteiger partial charge >= 0.3 is 0 Å². The van der Waals surface area contributed by atoms with Crippen LogP contribution in [0, 0.1) is 5.82 Å².